The number of aryl methyl sites for hydroxylation is 3. The van der Waals surface area contributed by atoms with Crippen molar-refractivity contribution in [1.82, 2.24) is 19.6 Å². The number of carbonyl (C=O) groups is 1. The molecule has 0 unspecified atom stereocenters. The van der Waals surface area contributed by atoms with E-state index in [1.807, 2.05) is 27.9 Å². The Morgan fingerprint density at radius 3 is 2.47 bits per heavy atom. The van der Waals surface area contributed by atoms with Crippen LogP contribution in [0.25, 0.3) is 6.08 Å². The molecule has 6 heteroatoms. The molecule has 0 aliphatic rings. The number of rotatable bonds is 3. The Labute approximate surface area is 120 Å². The lowest BCUT2D eigenvalue weighted by atomic mass is 10.1. The molecule has 2 aromatic rings. The third kappa shape index (κ3) is 2.53. The fourth-order valence-corrected chi connectivity index (χ4v) is 2.46. The Hall–Kier alpha value is -1.69. The molecule has 0 saturated heterocycles. The van der Waals surface area contributed by atoms with Crippen molar-refractivity contribution in [3.63, 3.8) is 0 Å². The number of halogens is 1. The van der Waals surface area contributed by atoms with Crippen LogP contribution in [0.1, 0.15) is 27.4 Å². The second-order valence-electron chi connectivity index (χ2n) is 4.37. The van der Waals surface area contributed by atoms with Gasteiger partial charge in [0.25, 0.3) is 0 Å². The molecule has 0 N–H and O–H groups in total. The summed E-state index contributed by atoms with van der Waals surface area (Å²) in [5.41, 5.74) is 3.14. The largest absolute Gasteiger partial charge is 0.289 e. The number of hydrogen-bond acceptors (Lipinski definition) is 3. The van der Waals surface area contributed by atoms with E-state index in [0.717, 1.165) is 21.6 Å². The fraction of sp³-hybridized carbons (Fsp3) is 0.308. The van der Waals surface area contributed by atoms with Crippen molar-refractivity contribution in [2.75, 3.05) is 0 Å². The Morgan fingerprint density at radius 2 is 2.00 bits per heavy atom. The molecule has 0 amide bonds. The third-order valence-electron chi connectivity index (χ3n) is 3.09. The van der Waals surface area contributed by atoms with E-state index in [-0.39, 0.29) is 5.78 Å². The van der Waals surface area contributed by atoms with E-state index in [1.165, 1.54) is 0 Å². The minimum Gasteiger partial charge on any atom is -0.289 e. The van der Waals surface area contributed by atoms with Crippen LogP contribution in [0.4, 0.5) is 0 Å². The molecule has 0 radical (unpaired) electrons. The van der Waals surface area contributed by atoms with Gasteiger partial charge in [-0.05, 0) is 41.9 Å². The summed E-state index contributed by atoms with van der Waals surface area (Å²) in [4.78, 5) is 12.2. The molecule has 5 nitrogen and oxygen atoms in total. The molecule has 2 heterocycles. The van der Waals surface area contributed by atoms with Crippen molar-refractivity contribution in [3.8, 4) is 0 Å². The first-order valence-electron chi connectivity index (χ1n) is 5.82. The van der Waals surface area contributed by atoms with Crippen molar-refractivity contribution >= 4 is 27.8 Å². The first-order valence-corrected chi connectivity index (χ1v) is 6.61. The highest BCUT2D eigenvalue weighted by Gasteiger charge is 2.15. The molecule has 0 bridgehead atoms. The van der Waals surface area contributed by atoms with E-state index < -0.39 is 0 Å². The third-order valence-corrected chi connectivity index (χ3v) is 3.70. The number of allylic oxidation sites excluding steroid dienone is 1. The van der Waals surface area contributed by atoms with Crippen LogP contribution in [-0.2, 0) is 14.1 Å². The van der Waals surface area contributed by atoms with Crippen molar-refractivity contribution in [2.24, 2.45) is 14.1 Å². The molecular weight excluding hydrogens is 308 g/mol. The van der Waals surface area contributed by atoms with Crippen molar-refractivity contribution in [2.45, 2.75) is 13.8 Å². The van der Waals surface area contributed by atoms with E-state index in [1.54, 1.807) is 27.7 Å². The number of nitrogens with zero attached hydrogens (tertiary/aromatic N) is 4. The van der Waals surface area contributed by atoms with Crippen LogP contribution in [0.2, 0.25) is 0 Å². The minimum atomic E-state index is -0.0452. The SMILES string of the molecule is Cc1nn(C)c(C)c1C(=O)C=Cc1c(Br)cnn1C. The van der Waals surface area contributed by atoms with E-state index >= 15 is 0 Å². The number of ketones is 1. The van der Waals surface area contributed by atoms with Gasteiger partial charge in [0.1, 0.15) is 0 Å². The number of hydrogen-bond donors (Lipinski definition) is 0. The lowest BCUT2D eigenvalue weighted by molar-refractivity contribution is 0.104. The van der Waals surface area contributed by atoms with Gasteiger partial charge in [0, 0.05) is 19.8 Å². The molecule has 0 atom stereocenters. The summed E-state index contributed by atoms with van der Waals surface area (Å²) in [5.74, 6) is -0.0452. The van der Waals surface area contributed by atoms with Crippen LogP contribution in [-0.4, -0.2) is 25.3 Å². The molecular formula is C13H15BrN4O. The van der Waals surface area contributed by atoms with Gasteiger partial charge in [-0.1, -0.05) is 0 Å². The smallest absolute Gasteiger partial charge is 0.189 e. The minimum absolute atomic E-state index is 0.0452. The van der Waals surface area contributed by atoms with Gasteiger partial charge in [-0.3, -0.25) is 14.2 Å². The summed E-state index contributed by atoms with van der Waals surface area (Å²) >= 11 is 3.39. The molecule has 0 aliphatic carbocycles. The Balaban J connectivity index is 2.32. The average molecular weight is 323 g/mol. The average Bonchev–Trinajstić information content (AvgIpc) is 2.78. The van der Waals surface area contributed by atoms with Crippen LogP contribution in [0, 0.1) is 13.8 Å². The zero-order chi connectivity index (χ0) is 14.2. The molecule has 0 saturated carbocycles. The number of aromatic nitrogens is 4. The van der Waals surface area contributed by atoms with Gasteiger partial charge in [-0.2, -0.15) is 10.2 Å². The fourth-order valence-electron chi connectivity index (χ4n) is 1.98. The van der Waals surface area contributed by atoms with Crippen molar-refractivity contribution in [1.29, 1.82) is 0 Å². The van der Waals surface area contributed by atoms with Crippen LogP contribution in [0.3, 0.4) is 0 Å². The maximum absolute atomic E-state index is 12.2. The van der Waals surface area contributed by atoms with Crippen LogP contribution in [0.5, 0.6) is 0 Å². The summed E-state index contributed by atoms with van der Waals surface area (Å²) < 4.78 is 4.28. The molecule has 0 spiro atoms. The lowest BCUT2D eigenvalue weighted by Gasteiger charge is -1.98. The van der Waals surface area contributed by atoms with Gasteiger partial charge < -0.3 is 0 Å². The predicted molar refractivity (Wildman–Crippen MR) is 77.0 cm³/mol. The van der Waals surface area contributed by atoms with E-state index in [9.17, 15) is 4.79 Å². The monoisotopic (exact) mass is 322 g/mol. The van der Waals surface area contributed by atoms with Gasteiger partial charge in [0.2, 0.25) is 0 Å². The summed E-state index contributed by atoms with van der Waals surface area (Å²) in [6, 6.07) is 0. The van der Waals surface area contributed by atoms with Gasteiger partial charge in [-0.25, -0.2) is 0 Å². The molecule has 19 heavy (non-hydrogen) atoms. The maximum atomic E-state index is 12.2. The molecule has 0 aliphatic heterocycles. The van der Waals surface area contributed by atoms with E-state index in [2.05, 4.69) is 26.1 Å². The second kappa shape index (κ2) is 5.13. The van der Waals surface area contributed by atoms with Gasteiger partial charge in [0.15, 0.2) is 5.78 Å². The summed E-state index contributed by atoms with van der Waals surface area (Å²) in [6.07, 6.45) is 5.01. The highest BCUT2D eigenvalue weighted by Crippen LogP contribution is 2.18. The standard InChI is InChI=1S/C13H15BrN4O/c1-8-13(9(2)17(3)16-8)12(19)6-5-11-10(14)7-15-18(11)4/h5-7H,1-4H3. The zero-order valence-corrected chi connectivity index (χ0v) is 12.9. The quantitative estimate of drug-likeness (QED) is 0.644. The second-order valence-corrected chi connectivity index (χ2v) is 5.22. The van der Waals surface area contributed by atoms with E-state index in [0.29, 0.717) is 5.56 Å². The summed E-state index contributed by atoms with van der Waals surface area (Å²) in [7, 11) is 3.66. The zero-order valence-electron chi connectivity index (χ0n) is 11.3. The van der Waals surface area contributed by atoms with Crippen LogP contribution >= 0.6 is 15.9 Å². The van der Waals surface area contributed by atoms with Crippen LogP contribution < -0.4 is 0 Å². The number of carbonyl (C=O) groups excluding carboxylic acids is 1. The highest BCUT2D eigenvalue weighted by atomic mass is 79.9. The topological polar surface area (TPSA) is 52.7 Å². The highest BCUT2D eigenvalue weighted by molar-refractivity contribution is 9.10. The van der Waals surface area contributed by atoms with Gasteiger partial charge >= 0.3 is 0 Å². The lowest BCUT2D eigenvalue weighted by Crippen LogP contribution is -2.00. The van der Waals surface area contributed by atoms with Gasteiger partial charge in [-0.15, -0.1) is 0 Å². The van der Waals surface area contributed by atoms with Crippen molar-refractivity contribution < 1.29 is 4.79 Å². The normalized spacial score (nSPS) is 11.4. The molecule has 2 aromatic heterocycles. The summed E-state index contributed by atoms with van der Waals surface area (Å²) in [6.45, 7) is 3.73. The van der Waals surface area contributed by atoms with Crippen molar-refractivity contribution in [3.05, 3.63) is 39.4 Å². The molecule has 2 rings (SSSR count). The maximum Gasteiger partial charge on any atom is 0.189 e. The Morgan fingerprint density at radius 1 is 1.32 bits per heavy atom. The predicted octanol–water partition coefficient (Wildman–Crippen LogP) is 2.43. The van der Waals surface area contributed by atoms with Crippen LogP contribution in [0.15, 0.2) is 16.7 Å². The summed E-state index contributed by atoms with van der Waals surface area (Å²) in [5, 5.41) is 8.34. The Bertz CT molecular complexity index is 647. The molecule has 100 valence electrons. The first-order chi connectivity index (χ1) is 8.91. The molecule has 0 fully saturated rings. The molecule has 0 aromatic carbocycles. The Kier molecular flexibility index (Phi) is 3.71. The van der Waals surface area contributed by atoms with Gasteiger partial charge in [0.05, 0.1) is 27.6 Å². The van der Waals surface area contributed by atoms with E-state index in [4.69, 9.17) is 0 Å². The first kappa shape index (κ1) is 13.7.